The normalized spacial score (nSPS) is 12.9. The number of benzene rings is 1. The van der Waals surface area contributed by atoms with Crippen molar-refractivity contribution in [1.29, 1.82) is 0 Å². The molecule has 0 heterocycles. The third kappa shape index (κ3) is 2.20. The van der Waals surface area contributed by atoms with Crippen molar-refractivity contribution in [3.8, 4) is 0 Å². The highest BCUT2D eigenvalue weighted by Crippen LogP contribution is 2.25. The smallest absolute Gasteiger partial charge is 0.183 e. The first-order valence-corrected chi connectivity index (χ1v) is 6.15. The van der Waals surface area contributed by atoms with E-state index in [1.54, 1.807) is 27.7 Å². The molecule has 0 bridgehead atoms. The monoisotopic (exact) mass is 230 g/mol. The van der Waals surface area contributed by atoms with Crippen molar-refractivity contribution in [1.82, 2.24) is 0 Å². The summed E-state index contributed by atoms with van der Waals surface area (Å²) in [5.74, 6) is -0.386. The Kier molecular flexibility index (Phi) is 2.92. The summed E-state index contributed by atoms with van der Waals surface area (Å²) in [5, 5.41) is 0. The molecule has 2 nitrogen and oxygen atoms in total. The van der Waals surface area contributed by atoms with E-state index < -0.39 is 14.6 Å². The highest BCUT2D eigenvalue weighted by atomic mass is 32.2. The number of aryl methyl sites for hydroxylation is 1. The van der Waals surface area contributed by atoms with E-state index in [4.69, 9.17) is 0 Å². The van der Waals surface area contributed by atoms with Crippen LogP contribution in [-0.4, -0.2) is 13.2 Å². The van der Waals surface area contributed by atoms with Crippen molar-refractivity contribution in [2.75, 3.05) is 0 Å². The van der Waals surface area contributed by atoms with Crippen LogP contribution in [0.3, 0.4) is 0 Å². The molecule has 0 radical (unpaired) electrons. The predicted molar refractivity (Wildman–Crippen MR) is 58.1 cm³/mol. The van der Waals surface area contributed by atoms with Crippen molar-refractivity contribution in [3.05, 3.63) is 29.6 Å². The van der Waals surface area contributed by atoms with Gasteiger partial charge in [0, 0.05) is 0 Å². The SMILES string of the molecule is Cc1cc(S(=O)(=O)C(C)(C)C)ccc1F. The maximum absolute atomic E-state index is 13.0. The van der Waals surface area contributed by atoms with Gasteiger partial charge in [0.05, 0.1) is 9.64 Å². The summed E-state index contributed by atoms with van der Waals surface area (Å²) in [6, 6.07) is 3.87. The van der Waals surface area contributed by atoms with E-state index in [-0.39, 0.29) is 10.7 Å². The summed E-state index contributed by atoms with van der Waals surface area (Å²) < 4.78 is 36.1. The fraction of sp³-hybridized carbons (Fsp3) is 0.455. The number of hydrogen-bond donors (Lipinski definition) is 0. The van der Waals surface area contributed by atoms with Crippen LogP contribution in [0.15, 0.2) is 23.1 Å². The quantitative estimate of drug-likeness (QED) is 0.695. The minimum Gasteiger partial charge on any atom is -0.223 e. The summed E-state index contributed by atoms with van der Waals surface area (Å²) >= 11 is 0. The van der Waals surface area contributed by atoms with Crippen LogP contribution in [0.1, 0.15) is 26.3 Å². The van der Waals surface area contributed by atoms with Crippen LogP contribution in [0.4, 0.5) is 4.39 Å². The molecule has 0 N–H and O–H groups in total. The van der Waals surface area contributed by atoms with Gasteiger partial charge in [-0.2, -0.15) is 0 Å². The standard InChI is InChI=1S/C11H15FO2S/c1-8-7-9(5-6-10(8)12)15(13,14)11(2,3)4/h5-7H,1-4H3. The molecule has 0 aromatic heterocycles. The minimum absolute atomic E-state index is 0.175. The summed E-state index contributed by atoms with van der Waals surface area (Å²) in [4.78, 5) is 0.175. The molecule has 1 rings (SSSR count). The lowest BCUT2D eigenvalue weighted by atomic mass is 10.2. The van der Waals surface area contributed by atoms with Crippen molar-refractivity contribution < 1.29 is 12.8 Å². The zero-order valence-electron chi connectivity index (χ0n) is 9.33. The van der Waals surface area contributed by atoms with E-state index in [1.165, 1.54) is 18.2 Å². The Labute approximate surface area is 90.0 Å². The lowest BCUT2D eigenvalue weighted by Crippen LogP contribution is -2.28. The lowest BCUT2D eigenvalue weighted by molar-refractivity contribution is 0.559. The number of halogens is 1. The molecule has 0 amide bonds. The van der Waals surface area contributed by atoms with Crippen LogP contribution >= 0.6 is 0 Å². The molecule has 0 saturated heterocycles. The van der Waals surface area contributed by atoms with Gasteiger partial charge in [0.2, 0.25) is 0 Å². The first-order chi connectivity index (χ1) is 6.66. The molecule has 1 aromatic carbocycles. The Morgan fingerprint density at radius 3 is 2.13 bits per heavy atom. The molecule has 0 saturated carbocycles. The summed E-state index contributed by atoms with van der Waals surface area (Å²) in [5.41, 5.74) is 0.348. The first-order valence-electron chi connectivity index (χ1n) is 4.67. The van der Waals surface area contributed by atoms with Gasteiger partial charge in [-0.05, 0) is 51.5 Å². The zero-order valence-corrected chi connectivity index (χ0v) is 10.2. The maximum Gasteiger partial charge on any atom is 0.183 e. The Hall–Kier alpha value is -0.900. The Morgan fingerprint density at radius 2 is 1.73 bits per heavy atom. The van der Waals surface area contributed by atoms with Crippen LogP contribution in [0.25, 0.3) is 0 Å². The average Bonchev–Trinajstić information content (AvgIpc) is 2.07. The van der Waals surface area contributed by atoms with Gasteiger partial charge in [-0.15, -0.1) is 0 Å². The molecule has 0 aliphatic heterocycles. The van der Waals surface area contributed by atoms with Crippen LogP contribution in [0.2, 0.25) is 0 Å². The van der Waals surface area contributed by atoms with E-state index >= 15 is 0 Å². The second-order valence-corrected chi connectivity index (χ2v) is 7.23. The molecule has 0 aliphatic carbocycles. The second kappa shape index (κ2) is 3.59. The highest BCUT2D eigenvalue weighted by Gasteiger charge is 2.30. The van der Waals surface area contributed by atoms with Gasteiger partial charge in [-0.1, -0.05) is 0 Å². The van der Waals surface area contributed by atoms with E-state index in [9.17, 15) is 12.8 Å². The molecule has 0 unspecified atom stereocenters. The third-order valence-electron chi connectivity index (χ3n) is 2.25. The maximum atomic E-state index is 13.0. The molecular formula is C11H15FO2S. The van der Waals surface area contributed by atoms with Crippen LogP contribution < -0.4 is 0 Å². The molecule has 0 aliphatic rings. The van der Waals surface area contributed by atoms with E-state index in [2.05, 4.69) is 0 Å². The lowest BCUT2D eigenvalue weighted by Gasteiger charge is -2.19. The summed E-state index contributed by atoms with van der Waals surface area (Å²) in [6.45, 7) is 6.43. The van der Waals surface area contributed by atoms with E-state index in [0.717, 1.165) is 0 Å². The van der Waals surface area contributed by atoms with Crippen molar-refractivity contribution >= 4 is 9.84 Å². The Morgan fingerprint density at radius 1 is 1.20 bits per heavy atom. The van der Waals surface area contributed by atoms with Gasteiger partial charge in [-0.25, -0.2) is 12.8 Å². The summed E-state index contributed by atoms with van der Waals surface area (Å²) in [7, 11) is -3.38. The van der Waals surface area contributed by atoms with Crippen LogP contribution in [0, 0.1) is 12.7 Å². The molecule has 4 heteroatoms. The number of rotatable bonds is 1. The fourth-order valence-electron chi connectivity index (χ4n) is 1.14. The van der Waals surface area contributed by atoms with Gasteiger partial charge >= 0.3 is 0 Å². The van der Waals surface area contributed by atoms with Gasteiger partial charge in [0.25, 0.3) is 0 Å². The molecule has 0 fully saturated rings. The molecule has 1 aromatic rings. The van der Waals surface area contributed by atoms with Crippen molar-refractivity contribution in [3.63, 3.8) is 0 Å². The third-order valence-corrected chi connectivity index (χ3v) is 4.73. The molecule has 84 valence electrons. The average molecular weight is 230 g/mol. The van der Waals surface area contributed by atoms with Gasteiger partial charge in [0.1, 0.15) is 5.82 Å². The summed E-state index contributed by atoms with van der Waals surface area (Å²) in [6.07, 6.45) is 0. The number of sulfone groups is 1. The molecular weight excluding hydrogens is 215 g/mol. The number of hydrogen-bond acceptors (Lipinski definition) is 2. The fourth-order valence-corrected chi connectivity index (χ4v) is 2.42. The van der Waals surface area contributed by atoms with E-state index in [1.807, 2.05) is 0 Å². The van der Waals surface area contributed by atoms with Gasteiger partial charge in [0.15, 0.2) is 9.84 Å². The largest absolute Gasteiger partial charge is 0.223 e. The Bertz CT molecular complexity index is 470. The van der Waals surface area contributed by atoms with Crippen molar-refractivity contribution in [2.45, 2.75) is 37.3 Å². The highest BCUT2D eigenvalue weighted by molar-refractivity contribution is 7.92. The predicted octanol–water partition coefficient (Wildman–Crippen LogP) is 2.71. The van der Waals surface area contributed by atoms with Crippen LogP contribution in [0.5, 0.6) is 0 Å². The molecule has 0 atom stereocenters. The minimum atomic E-state index is -3.38. The second-order valence-electron chi connectivity index (χ2n) is 4.53. The van der Waals surface area contributed by atoms with Crippen molar-refractivity contribution in [2.24, 2.45) is 0 Å². The van der Waals surface area contributed by atoms with Gasteiger partial charge in [-0.3, -0.25) is 0 Å². The molecule has 0 spiro atoms. The van der Waals surface area contributed by atoms with Gasteiger partial charge < -0.3 is 0 Å². The Balaban J connectivity index is 3.36. The topological polar surface area (TPSA) is 34.1 Å². The first kappa shape index (κ1) is 12.2. The molecule has 15 heavy (non-hydrogen) atoms. The zero-order chi connectivity index (χ0) is 11.9. The van der Waals surface area contributed by atoms with E-state index in [0.29, 0.717) is 5.56 Å². The van der Waals surface area contributed by atoms with Crippen LogP contribution in [-0.2, 0) is 9.84 Å².